The second-order valence-corrected chi connectivity index (χ2v) is 6.21. The summed E-state index contributed by atoms with van der Waals surface area (Å²) in [7, 11) is 0. The SMILES string of the molecule is CCC(C)(C(N)CC1CCOCC1)N1CCOCC1. The van der Waals surface area contributed by atoms with E-state index in [0.717, 1.165) is 58.3 Å². The molecule has 0 saturated carbocycles. The third-order valence-electron chi connectivity index (χ3n) is 5.18. The number of morpholine rings is 1. The number of nitrogens with two attached hydrogens (primary N) is 1. The summed E-state index contributed by atoms with van der Waals surface area (Å²) in [5, 5.41) is 0. The van der Waals surface area contributed by atoms with Gasteiger partial charge >= 0.3 is 0 Å². The van der Waals surface area contributed by atoms with Gasteiger partial charge in [0.1, 0.15) is 0 Å². The molecule has 2 aliphatic rings. The Morgan fingerprint density at radius 1 is 1.16 bits per heavy atom. The number of ether oxygens (including phenoxy) is 2. The maximum atomic E-state index is 6.60. The molecule has 0 spiro atoms. The molecule has 4 nitrogen and oxygen atoms in total. The average Bonchev–Trinajstić information content (AvgIpc) is 2.48. The molecule has 0 aromatic heterocycles. The van der Waals surface area contributed by atoms with E-state index in [0.29, 0.717) is 0 Å². The third-order valence-corrected chi connectivity index (χ3v) is 5.18. The molecule has 0 radical (unpaired) electrons. The molecule has 4 heteroatoms. The lowest BCUT2D eigenvalue weighted by Crippen LogP contribution is -2.61. The van der Waals surface area contributed by atoms with Gasteiger partial charge < -0.3 is 15.2 Å². The molecule has 2 unspecified atom stereocenters. The fraction of sp³-hybridized carbons (Fsp3) is 1.00. The van der Waals surface area contributed by atoms with Crippen LogP contribution in [-0.2, 0) is 9.47 Å². The van der Waals surface area contributed by atoms with Gasteiger partial charge in [-0.2, -0.15) is 0 Å². The monoisotopic (exact) mass is 270 g/mol. The van der Waals surface area contributed by atoms with Crippen LogP contribution in [0.15, 0.2) is 0 Å². The molecule has 0 aromatic carbocycles. The van der Waals surface area contributed by atoms with Crippen LogP contribution in [-0.4, -0.2) is 56.0 Å². The van der Waals surface area contributed by atoms with Crippen LogP contribution in [0.25, 0.3) is 0 Å². The van der Waals surface area contributed by atoms with Crippen molar-refractivity contribution in [1.82, 2.24) is 4.90 Å². The van der Waals surface area contributed by atoms with E-state index >= 15 is 0 Å². The topological polar surface area (TPSA) is 47.7 Å². The molecular formula is C15H30N2O2. The van der Waals surface area contributed by atoms with Crippen LogP contribution in [0.4, 0.5) is 0 Å². The summed E-state index contributed by atoms with van der Waals surface area (Å²) < 4.78 is 10.9. The first kappa shape index (κ1) is 15.2. The maximum absolute atomic E-state index is 6.60. The molecule has 0 amide bonds. The summed E-state index contributed by atoms with van der Waals surface area (Å²) >= 11 is 0. The van der Waals surface area contributed by atoms with Crippen LogP contribution in [0.3, 0.4) is 0 Å². The van der Waals surface area contributed by atoms with Crippen LogP contribution < -0.4 is 5.73 Å². The van der Waals surface area contributed by atoms with E-state index in [4.69, 9.17) is 15.2 Å². The van der Waals surface area contributed by atoms with Crippen LogP contribution >= 0.6 is 0 Å². The predicted octanol–water partition coefficient (Wildman–Crippen LogP) is 1.63. The molecule has 19 heavy (non-hydrogen) atoms. The van der Waals surface area contributed by atoms with E-state index in [9.17, 15) is 0 Å². The fourth-order valence-corrected chi connectivity index (χ4v) is 3.39. The summed E-state index contributed by atoms with van der Waals surface area (Å²) in [5.74, 6) is 0.746. The molecule has 0 aliphatic carbocycles. The van der Waals surface area contributed by atoms with Crippen molar-refractivity contribution in [1.29, 1.82) is 0 Å². The van der Waals surface area contributed by atoms with Gasteiger partial charge in [0.15, 0.2) is 0 Å². The van der Waals surface area contributed by atoms with Crippen molar-refractivity contribution in [2.75, 3.05) is 39.5 Å². The number of rotatable bonds is 5. The molecular weight excluding hydrogens is 240 g/mol. The lowest BCUT2D eigenvalue weighted by Gasteiger charge is -2.47. The van der Waals surface area contributed by atoms with Gasteiger partial charge in [-0.1, -0.05) is 6.92 Å². The first-order valence-electron chi connectivity index (χ1n) is 7.83. The zero-order valence-corrected chi connectivity index (χ0v) is 12.6. The zero-order chi connectivity index (χ0) is 13.7. The average molecular weight is 270 g/mol. The van der Waals surface area contributed by atoms with Crippen molar-refractivity contribution in [2.24, 2.45) is 11.7 Å². The minimum atomic E-state index is 0.113. The van der Waals surface area contributed by atoms with Gasteiger partial charge in [0.05, 0.1) is 13.2 Å². The van der Waals surface area contributed by atoms with Crippen molar-refractivity contribution >= 4 is 0 Å². The molecule has 2 fully saturated rings. The van der Waals surface area contributed by atoms with Crippen molar-refractivity contribution in [3.63, 3.8) is 0 Å². The Bertz CT molecular complexity index is 263. The number of hydrogen-bond donors (Lipinski definition) is 1. The van der Waals surface area contributed by atoms with E-state index < -0.39 is 0 Å². The highest BCUT2D eigenvalue weighted by molar-refractivity contribution is 4.96. The number of hydrogen-bond acceptors (Lipinski definition) is 4. The lowest BCUT2D eigenvalue weighted by atomic mass is 9.80. The Morgan fingerprint density at radius 2 is 1.74 bits per heavy atom. The molecule has 2 rings (SSSR count). The highest BCUT2D eigenvalue weighted by Crippen LogP contribution is 2.30. The third kappa shape index (κ3) is 3.69. The first-order chi connectivity index (χ1) is 9.16. The quantitative estimate of drug-likeness (QED) is 0.825. The minimum Gasteiger partial charge on any atom is -0.381 e. The fourth-order valence-electron chi connectivity index (χ4n) is 3.39. The summed E-state index contributed by atoms with van der Waals surface area (Å²) in [6, 6.07) is 0.249. The molecule has 0 bridgehead atoms. The maximum Gasteiger partial charge on any atom is 0.0594 e. The van der Waals surface area contributed by atoms with E-state index in [1.807, 2.05) is 0 Å². The molecule has 2 heterocycles. The highest BCUT2D eigenvalue weighted by Gasteiger charge is 2.38. The van der Waals surface area contributed by atoms with Crippen molar-refractivity contribution in [3.05, 3.63) is 0 Å². The Balaban J connectivity index is 1.93. The van der Waals surface area contributed by atoms with Gasteiger partial charge in [0, 0.05) is 37.9 Å². The van der Waals surface area contributed by atoms with E-state index in [-0.39, 0.29) is 11.6 Å². The minimum absolute atomic E-state index is 0.113. The molecule has 2 saturated heterocycles. The van der Waals surface area contributed by atoms with Crippen molar-refractivity contribution in [2.45, 2.75) is 51.1 Å². The Hall–Kier alpha value is -0.160. The normalized spacial score (nSPS) is 27.9. The smallest absolute Gasteiger partial charge is 0.0594 e. The summed E-state index contributed by atoms with van der Waals surface area (Å²) in [4.78, 5) is 2.54. The van der Waals surface area contributed by atoms with Crippen LogP contribution in [0.5, 0.6) is 0 Å². The van der Waals surface area contributed by atoms with Gasteiger partial charge in [0.2, 0.25) is 0 Å². The van der Waals surface area contributed by atoms with E-state index in [2.05, 4.69) is 18.7 Å². The Morgan fingerprint density at radius 3 is 2.32 bits per heavy atom. The molecule has 2 atom stereocenters. The van der Waals surface area contributed by atoms with Crippen LogP contribution in [0.1, 0.15) is 39.5 Å². The van der Waals surface area contributed by atoms with Crippen molar-refractivity contribution < 1.29 is 9.47 Å². The number of nitrogens with zero attached hydrogens (tertiary/aromatic N) is 1. The molecule has 112 valence electrons. The zero-order valence-electron chi connectivity index (χ0n) is 12.6. The van der Waals surface area contributed by atoms with Gasteiger partial charge in [-0.15, -0.1) is 0 Å². The molecule has 2 aliphatic heterocycles. The summed E-state index contributed by atoms with van der Waals surface area (Å²) in [5.41, 5.74) is 6.71. The van der Waals surface area contributed by atoms with Crippen molar-refractivity contribution in [3.8, 4) is 0 Å². The van der Waals surface area contributed by atoms with Gasteiger partial charge in [0.25, 0.3) is 0 Å². The van der Waals surface area contributed by atoms with E-state index in [1.54, 1.807) is 0 Å². The second kappa shape index (κ2) is 7.02. The van der Waals surface area contributed by atoms with E-state index in [1.165, 1.54) is 12.8 Å². The summed E-state index contributed by atoms with van der Waals surface area (Å²) in [6.45, 7) is 10.2. The predicted molar refractivity (Wildman–Crippen MR) is 77.2 cm³/mol. The van der Waals surface area contributed by atoms with Crippen LogP contribution in [0, 0.1) is 5.92 Å². The Labute approximate surface area is 117 Å². The lowest BCUT2D eigenvalue weighted by molar-refractivity contribution is -0.0328. The van der Waals surface area contributed by atoms with Gasteiger partial charge in [-0.3, -0.25) is 4.90 Å². The second-order valence-electron chi connectivity index (χ2n) is 6.21. The Kier molecular flexibility index (Phi) is 5.63. The van der Waals surface area contributed by atoms with Crippen LogP contribution in [0.2, 0.25) is 0 Å². The van der Waals surface area contributed by atoms with Gasteiger partial charge in [-0.25, -0.2) is 0 Å². The standard InChI is InChI=1S/C15H30N2O2/c1-3-15(2,17-6-10-19-11-7-17)14(16)12-13-4-8-18-9-5-13/h13-14H,3-12,16H2,1-2H3. The first-order valence-corrected chi connectivity index (χ1v) is 7.83. The highest BCUT2D eigenvalue weighted by atomic mass is 16.5. The largest absolute Gasteiger partial charge is 0.381 e. The van der Waals surface area contributed by atoms with Gasteiger partial charge in [-0.05, 0) is 38.5 Å². The molecule has 2 N–H and O–H groups in total. The molecule has 0 aromatic rings. The summed E-state index contributed by atoms with van der Waals surface area (Å²) in [6.07, 6.45) is 4.59.